The summed E-state index contributed by atoms with van der Waals surface area (Å²) in [5.74, 6) is 0.274. The number of carbonyl (C=O) groups excluding carboxylic acids is 1. The molecule has 1 aliphatic rings. The fourth-order valence-corrected chi connectivity index (χ4v) is 3.93. The molecule has 0 amide bonds. The molecule has 0 saturated carbocycles. The van der Waals surface area contributed by atoms with Crippen molar-refractivity contribution in [3.05, 3.63) is 24.3 Å². The highest BCUT2D eigenvalue weighted by atomic mass is 32.2. The molecule has 1 saturated heterocycles. The Bertz CT molecular complexity index is 551. The highest BCUT2D eigenvalue weighted by molar-refractivity contribution is 7.91. The van der Waals surface area contributed by atoms with E-state index in [-0.39, 0.29) is 11.7 Å². The molecule has 0 aliphatic carbocycles. The molecule has 1 aromatic rings. The average Bonchev–Trinajstić information content (AvgIpc) is 2.47. The third-order valence-electron chi connectivity index (χ3n) is 3.68. The largest absolute Gasteiger partial charge is 0.371 e. The first-order valence-electron chi connectivity index (χ1n) is 7.10. The van der Waals surface area contributed by atoms with Gasteiger partial charge in [-0.15, -0.1) is 0 Å². The van der Waals surface area contributed by atoms with Gasteiger partial charge in [-0.25, -0.2) is 8.42 Å². The third-order valence-corrected chi connectivity index (χ3v) is 5.62. The van der Waals surface area contributed by atoms with Gasteiger partial charge in [-0.2, -0.15) is 0 Å². The van der Waals surface area contributed by atoms with Gasteiger partial charge in [0.1, 0.15) is 6.29 Å². The third kappa shape index (κ3) is 3.39. The molecule has 1 fully saturated rings. The summed E-state index contributed by atoms with van der Waals surface area (Å²) in [4.78, 5) is 13.4. The first-order valence-corrected chi connectivity index (χ1v) is 8.75. The van der Waals surface area contributed by atoms with Crippen LogP contribution in [0.15, 0.2) is 29.2 Å². The van der Waals surface area contributed by atoms with Crippen molar-refractivity contribution in [2.24, 2.45) is 5.92 Å². The van der Waals surface area contributed by atoms with Gasteiger partial charge in [0.2, 0.25) is 0 Å². The van der Waals surface area contributed by atoms with Crippen molar-refractivity contribution in [1.82, 2.24) is 0 Å². The molecule has 1 aromatic carbocycles. The van der Waals surface area contributed by atoms with Crippen LogP contribution in [0.1, 0.15) is 26.2 Å². The van der Waals surface area contributed by atoms with Gasteiger partial charge in [0.05, 0.1) is 10.6 Å². The fraction of sp³-hybridized carbons (Fsp3) is 0.533. The lowest BCUT2D eigenvalue weighted by atomic mass is 9.99. The first-order chi connectivity index (χ1) is 9.56. The fourth-order valence-electron chi connectivity index (χ4n) is 2.61. The van der Waals surface area contributed by atoms with E-state index in [0.29, 0.717) is 11.3 Å². The highest BCUT2D eigenvalue weighted by Gasteiger charge is 2.20. The Labute approximate surface area is 120 Å². The Hall–Kier alpha value is -1.36. The molecule has 2 rings (SSSR count). The van der Waals surface area contributed by atoms with Crippen molar-refractivity contribution >= 4 is 21.8 Å². The van der Waals surface area contributed by atoms with Crippen LogP contribution in [0.2, 0.25) is 0 Å². The number of hydrogen-bond acceptors (Lipinski definition) is 4. The minimum atomic E-state index is -3.15. The van der Waals surface area contributed by atoms with E-state index >= 15 is 0 Å². The van der Waals surface area contributed by atoms with Gasteiger partial charge in [-0.05, 0) is 43.5 Å². The summed E-state index contributed by atoms with van der Waals surface area (Å²) >= 11 is 0. The topological polar surface area (TPSA) is 54.5 Å². The van der Waals surface area contributed by atoms with Crippen molar-refractivity contribution in [2.75, 3.05) is 23.7 Å². The maximum absolute atomic E-state index is 12.0. The number of benzene rings is 1. The molecular formula is C15H21NO3S. The molecule has 110 valence electrons. The Morgan fingerprint density at radius 3 is 2.60 bits per heavy atom. The van der Waals surface area contributed by atoms with Crippen LogP contribution in [0.25, 0.3) is 0 Å². The molecule has 5 heteroatoms. The number of hydrogen-bond donors (Lipinski definition) is 0. The summed E-state index contributed by atoms with van der Waals surface area (Å²) in [5, 5.41) is 0. The number of piperidine rings is 1. The highest BCUT2D eigenvalue weighted by Crippen LogP contribution is 2.24. The van der Waals surface area contributed by atoms with Crippen LogP contribution < -0.4 is 4.90 Å². The van der Waals surface area contributed by atoms with Crippen molar-refractivity contribution in [3.63, 3.8) is 0 Å². The molecule has 1 unspecified atom stereocenters. The van der Waals surface area contributed by atoms with Crippen LogP contribution in [-0.4, -0.2) is 33.5 Å². The predicted octanol–water partition coefficient (Wildman–Crippen LogP) is 2.29. The lowest BCUT2D eigenvalue weighted by Crippen LogP contribution is -2.35. The second-order valence-electron chi connectivity index (χ2n) is 5.30. The van der Waals surface area contributed by atoms with Crippen molar-refractivity contribution in [3.8, 4) is 0 Å². The van der Waals surface area contributed by atoms with Crippen molar-refractivity contribution < 1.29 is 13.2 Å². The quantitative estimate of drug-likeness (QED) is 0.782. The predicted molar refractivity (Wildman–Crippen MR) is 79.8 cm³/mol. The summed E-state index contributed by atoms with van der Waals surface area (Å²) in [5.41, 5.74) is 0.993. The second-order valence-corrected chi connectivity index (χ2v) is 7.41. The van der Waals surface area contributed by atoms with Crippen molar-refractivity contribution in [1.29, 1.82) is 0 Å². The van der Waals surface area contributed by atoms with Crippen LogP contribution in [0.4, 0.5) is 5.69 Å². The lowest BCUT2D eigenvalue weighted by Gasteiger charge is -2.32. The minimum absolute atomic E-state index is 0.0900. The van der Waals surface area contributed by atoms with E-state index in [1.54, 1.807) is 12.1 Å². The number of anilines is 1. The first kappa shape index (κ1) is 15.0. The smallest absolute Gasteiger partial charge is 0.178 e. The van der Waals surface area contributed by atoms with Gasteiger partial charge >= 0.3 is 0 Å². The van der Waals surface area contributed by atoms with Gasteiger partial charge < -0.3 is 9.69 Å². The molecule has 0 spiro atoms. The van der Waals surface area contributed by atoms with E-state index < -0.39 is 9.84 Å². The zero-order valence-corrected chi connectivity index (χ0v) is 12.6. The molecular weight excluding hydrogens is 274 g/mol. The Kier molecular flexibility index (Phi) is 4.81. The maximum atomic E-state index is 12.0. The zero-order chi connectivity index (χ0) is 14.6. The van der Waals surface area contributed by atoms with Gasteiger partial charge in [0.15, 0.2) is 9.84 Å². The molecule has 4 nitrogen and oxygen atoms in total. The number of aldehydes is 1. The lowest BCUT2D eigenvalue weighted by molar-refractivity contribution is -0.111. The van der Waals surface area contributed by atoms with Crippen LogP contribution in [0.5, 0.6) is 0 Å². The summed E-state index contributed by atoms with van der Waals surface area (Å²) < 4.78 is 23.9. The van der Waals surface area contributed by atoms with E-state index in [1.807, 2.05) is 19.1 Å². The van der Waals surface area contributed by atoms with E-state index in [9.17, 15) is 13.2 Å². The van der Waals surface area contributed by atoms with Gasteiger partial charge in [0.25, 0.3) is 0 Å². The standard InChI is InChI=1S/C15H21NO3S/c1-2-10-20(18,19)15-7-5-14(6-8-15)16-9-3-4-13(11-16)12-17/h5-8,12-13H,2-4,9-11H2,1H3. The average molecular weight is 295 g/mol. The van der Waals surface area contributed by atoms with Gasteiger partial charge in [0, 0.05) is 24.7 Å². The van der Waals surface area contributed by atoms with E-state index in [4.69, 9.17) is 0 Å². The summed E-state index contributed by atoms with van der Waals surface area (Å²) in [6.07, 6.45) is 3.59. The summed E-state index contributed by atoms with van der Waals surface area (Å²) in [7, 11) is -3.15. The van der Waals surface area contributed by atoms with Crippen LogP contribution >= 0.6 is 0 Å². The SMILES string of the molecule is CCCS(=O)(=O)c1ccc(N2CCCC(C=O)C2)cc1. The molecule has 0 aromatic heterocycles. The monoisotopic (exact) mass is 295 g/mol. The van der Waals surface area contributed by atoms with Crippen LogP contribution in [0, 0.1) is 5.92 Å². The Morgan fingerprint density at radius 1 is 1.30 bits per heavy atom. The Morgan fingerprint density at radius 2 is 2.00 bits per heavy atom. The number of carbonyl (C=O) groups is 1. The van der Waals surface area contributed by atoms with Gasteiger partial charge in [-0.3, -0.25) is 0 Å². The Balaban J connectivity index is 2.14. The van der Waals surface area contributed by atoms with E-state index in [2.05, 4.69) is 4.90 Å². The zero-order valence-electron chi connectivity index (χ0n) is 11.8. The second kappa shape index (κ2) is 6.39. The summed E-state index contributed by atoms with van der Waals surface area (Å²) in [6.45, 7) is 3.51. The molecule has 1 heterocycles. The number of nitrogens with zero attached hydrogens (tertiary/aromatic N) is 1. The van der Waals surface area contributed by atoms with E-state index in [0.717, 1.165) is 37.9 Å². The van der Waals surface area contributed by atoms with E-state index in [1.165, 1.54) is 0 Å². The minimum Gasteiger partial charge on any atom is -0.371 e. The van der Waals surface area contributed by atoms with Crippen LogP contribution in [0.3, 0.4) is 0 Å². The molecule has 0 radical (unpaired) electrons. The molecule has 20 heavy (non-hydrogen) atoms. The molecule has 0 bridgehead atoms. The molecule has 0 N–H and O–H groups in total. The normalized spacial score (nSPS) is 19.9. The molecule has 1 aliphatic heterocycles. The molecule has 1 atom stereocenters. The van der Waals surface area contributed by atoms with Crippen molar-refractivity contribution in [2.45, 2.75) is 31.1 Å². The maximum Gasteiger partial charge on any atom is 0.178 e. The summed E-state index contributed by atoms with van der Waals surface area (Å²) in [6, 6.07) is 7.03. The number of sulfone groups is 1. The number of rotatable bonds is 5. The van der Waals surface area contributed by atoms with Crippen LogP contribution in [-0.2, 0) is 14.6 Å². The van der Waals surface area contributed by atoms with Gasteiger partial charge in [-0.1, -0.05) is 6.92 Å².